The van der Waals surface area contributed by atoms with E-state index < -0.39 is 5.91 Å². The van der Waals surface area contributed by atoms with Crippen LogP contribution in [0, 0.1) is 6.92 Å². The Morgan fingerprint density at radius 3 is 2.68 bits per heavy atom. The van der Waals surface area contributed by atoms with E-state index in [9.17, 15) is 4.79 Å². The van der Waals surface area contributed by atoms with Crippen molar-refractivity contribution in [3.63, 3.8) is 0 Å². The Balaban J connectivity index is 1.93. The van der Waals surface area contributed by atoms with Gasteiger partial charge in [0.1, 0.15) is 0 Å². The highest BCUT2D eigenvalue weighted by Crippen LogP contribution is 2.23. The van der Waals surface area contributed by atoms with Crippen LogP contribution >= 0.6 is 0 Å². The lowest BCUT2D eigenvalue weighted by Crippen LogP contribution is -2.29. The molecule has 1 aromatic carbocycles. The Morgan fingerprint density at radius 1 is 1.29 bits per heavy atom. The van der Waals surface area contributed by atoms with Gasteiger partial charge in [-0.1, -0.05) is 6.07 Å². The Bertz CT molecular complexity index is 848. The van der Waals surface area contributed by atoms with E-state index >= 15 is 0 Å². The molecular weight excluding hydrogens is 356 g/mol. The van der Waals surface area contributed by atoms with Gasteiger partial charge >= 0.3 is 0 Å². The zero-order valence-electron chi connectivity index (χ0n) is 16.8. The highest BCUT2D eigenvalue weighted by Gasteiger charge is 2.18. The number of hydrogen-bond acceptors (Lipinski definition) is 8. The van der Waals surface area contributed by atoms with Gasteiger partial charge in [0.05, 0.1) is 0 Å². The molecule has 0 saturated carbocycles. The minimum Gasteiger partial charge on any atom is -0.366 e. The first-order chi connectivity index (χ1) is 13.3. The third-order valence-electron chi connectivity index (χ3n) is 4.88. The first kappa shape index (κ1) is 19.8. The number of nitrogens with two attached hydrogens (primary N) is 1. The normalized spacial score (nSPS) is 16.2. The van der Waals surface area contributed by atoms with E-state index in [-0.39, 0.29) is 12.1 Å². The molecule has 1 aliphatic heterocycles. The molecule has 1 aromatic heterocycles. The van der Waals surface area contributed by atoms with Gasteiger partial charge < -0.3 is 26.6 Å². The van der Waals surface area contributed by atoms with E-state index in [0.29, 0.717) is 23.4 Å². The molecule has 0 radical (unpaired) electrons. The average Bonchev–Trinajstić information content (AvgIpc) is 3.15. The number of aromatic nitrogens is 3. The minimum atomic E-state index is -0.477. The summed E-state index contributed by atoms with van der Waals surface area (Å²) in [6, 6.07) is 5.77. The zero-order chi connectivity index (χ0) is 20.3. The summed E-state index contributed by atoms with van der Waals surface area (Å²) in [6.45, 7) is 7.95. The Labute approximate surface area is 165 Å². The van der Waals surface area contributed by atoms with Gasteiger partial charge in [0.2, 0.25) is 23.8 Å². The first-order valence-electron chi connectivity index (χ1n) is 9.47. The number of carbonyl (C=O) groups is 1. The largest absolute Gasteiger partial charge is 0.366 e. The van der Waals surface area contributed by atoms with Crippen LogP contribution < -0.4 is 26.6 Å². The summed E-state index contributed by atoms with van der Waals surface area (Å²) in [5, 5.41) is 9.92. The number of rotatable bonds is 7. The molecule has 5 N–H and O–H groups in total. The molecule has 0 spiro atoms. The summed E-state index contributed by atoms with van der Waals surface area (Å²) >= 11 is 0. The van der Waals surface area contributed by atoms with Crippen molar-refractivity contribution < 1.29 is 4.79 Å². The lowest BCUT2D eigenvalue weighted by molar-refractivity contribution is 0.100. The maximum Gasteiger partial charge on any atom is 0.248 e. The van der Waals surface area contributed by atoms with Gasteiger partial charge in [0, 0.05) is 36.9 Å². The van der Waals surface area contributed by atoms with Crippen molar-refractivity contribution in [3.05, 3.63) is 29.3 Å². The molecule has 2 heterocycles. The minimum absolute atomic E-state index is 0.233. The van der Waals surface area contributed by atoms with Crippen molar-refractivity contribution in [2.75, 3.05) is 35.7 Å². The lowest BCUT2D eigenvalue weighted by atomic mass is 10.1. The predicted octanol–water partition coefficient (Wildman–Crippen LogP) is 1.64. The van der Waals surface area contributed by atoms with Crippen LogP contribution in [0.5, 0.6) is 0 Å². The SMILES string of the molecule is Cc1ccc(C(N)=O)cc1Nc1nc(NC2CCNC2)nc(N(C)C(C)C)n1. The molecule has 9 heteroatoms. The average molecular weight is 384 g/mol. The van der Waals surface area contributed by atoms with Gasteiger partial charge in [0.15, 0.2) is 0 Å². The topological polar surface area (TPSA) is 121 Å². The molecule has 1 atom stereocenters. The molecule has 28 heavy (non-hydrogen) atoms. The number of carbonyl (C=O) groups excluding carboxylic acids is 1. The third-order valence-corrected chi connectivity index (χ3v) is 4.88. The fourth-order valence-electron chi connectivity index (χ4n) is 2.86. The van der Waals surface area contributed by atoms with Gasteiger partial charge in [-0.15, -0.1) is 0 Å². The summed E-state index contributed by atoms with van der Waals surface area (Å²) in [6.07, 6.45) is 1.02. The number of nitrogens with one attached hydrogen (secondary N) is 3. The number of hydrogen-bond donors (Lipinski definition) is 4. The number of primary amides is 1. The van der Waals surface area contributed by atoms with E-state index in [0.717, 1.165) is 30.8 Å². The molecule has 1 fully saturated rings. The van der Waals surface area contributed by atoms with E-state index in [4.69, 9.17) is 5.73 Å². The number of aryl methyl sites for hydroxylation is 1. The molecule has 2 aromatic rings. The summed E-state index contributed by atoms with van der Waals surface area (Å²) in [5.41, 5.74) is 7.52. The van der Waals surface area contributed by atoms with E-state index in [1.807, 2.05) is 24.9 Å². The quantitative estimate of drug-likeness (QED) is 0.568. The molecule has 3 rings (SSSR count). The monoisotopic (exact) mass is 384 g/mol. The molecule has 150 valence electrons. The lowest BCUT2D eigenvalue weighted by Gasteiger charge is -2.23. The summed E-state index contributed by atoms with van der Waals surface area (Å²) in [4.78, 5) is 27.2. The van der Waals surface area contributed by atoms with Crippen LogP contribution in [-0.4, -0.2) is 53.1 Å². The second kappa shape index (κ2) is 8.39. The van der Waals surface area contributed by atoms with Crippen LogP contribution in [0.2, 0.25) is 0 Å². The van der Waals surface area contributed by atoms with Gasteiger partial charge in [-0.2, -0.15) is 15.0 Å². The van der Waals surface area contributed by atoms with E-state index in [1.165, 1.54) is 0 Å². The summed E-state index contributed by atoms with van der Waals surface area (Å²) in [7, 11) is 1.95. The van der Waals surface area contributed by atoms with Gasteiger partial charge in [-0.05, 0) is 51.4 Å². The van der Waals surface area contributed by atoms with Gasteiger partial charge in [-0.25, -0.2) is 0 Å². The van der Waals surface area contributed by atoms with Crippen LogP contribution in [0.15, 0.2) is 18.2 Å². The molecule has 1 saturated heterocycles. The zero-order valence-corrected chi connectivity index (χ0v) is 16.8. The molecule has 0 aliphatic carbocycles. The van der Waals surface area contributed by atoms with Crippen molar-refractivity contribution in [3.8, 4) is 0 Å². The van der Waals surface area contributed by atoms with Crippen molar-refractivity contribution in [2.45, 2.75) is 39.3 Å². The smallest absolute Gasteiger partial charge is 0.248 e. The molecule has 1 amide bonds. The number of benzene rings is 1. The summed E-state index contributed by atoms with van der Waals surface area (Å²) < 4.78 is 0. The highest BCUT2D eigenvalue weighted by molar-refractivity contribution is 5.94. The van der Waals surface area contributed by atoms with Gasteiger partial charge in [-0.3, -0.25) is 4.79 Å². The van der Waals surface area contributed by atoms with Crippen LogP contribution in [0.1, 0.15) is 36.2 Å². The fourth-order valence-corrected chi connectivity index (χ4v) is 2.86. The standard InChI is InChI=1S/C19H28N8O/c1-11(2)27(4)19-25-17(22-14-7-8-21-10-14)24-18(26-19)23-15-9-13(16(20)28)6-5-12(15)3/h5-6,9,11,14,21H,7-8,10H2,1-4H3,(H2,20,28)(H2,22,23,24,25,26). The van der Waals surface area contributed by atoms with Gasteiger partial charge in [0.25, 0.3) is 0 Å². The number of anilines is 4. The molecule has 1 aliphatic rings. The third kappa shape index (κ3) is 4.66. The fraction of sp³-hybridized carbons (Fsp3) is 0.474. The van der Waals surface area contributed by atoms with Crippen LogP contribution in [-0.2, 0) is 0 Å². The van der Waals surface area contributed by atoms with E-state index in [2.05, 4.69) is 44.7 Å². The van der Waals surface area contributed by atoms with Crippen molar-refractivity contribution in [1.82, 2.24) is 20.3 Å². The highest BCUT2D eigenvalue weighted by atomic mass is 16.1. The van der Waals surface area contributed by atoms with Crippen LogP contribution in [0.3, 0.4) is 0 Å². The van der Waals surface area contributed by atoms with Crippen LogP contribution in [0.25, 0.3) is 0 Å². The molecule has 1 unspecified atom stereocenters. The Hall–Kier alpha value is -2.94. The Morgan fingerprint density at radius 2 is 2.04 bits per heavy atom. The second-order valence-corrected chi connectivity index (χ2v) is 7.34. The molecule has 9 nitrogen and oxygen atoms in total. The maximum atomic E-state index is 11.5. The van der Waals surface area contributed by atoms with Crippen molar-refractivity contribution in [2.24, 2.45) is 5.73 Å². The Kier molecular flexibility index (Phi) is 5.93. The molecular formula is C19H28N8O. The first-order valence-corrected chi connectivity index (χ1v) is 9.47. The van der Waals surface area contributed by atoms with E-state index in [1.54, 1.807) is 12.1 Å². The second-order valence-electron chi connectivity index (χ2n) is 7.34. The number of nitrogens with zero attached hydrogens (tertiary/aromatic N) is 4. The maximum absolute atomic E-state index is 11.5. The van der Waals surface area contributed by atoms with Crippen molar-refractivity contribution >= 4 is 29.4 Å². The summed E-state index contributed by atoms with van der Waals surface area (Å²) in [5.74, 6) is 1.03. The molecule has 0 bridgehead atoms. The van der Waals surface area contributed by atoms with Crippen molar-refractivity contribution in [1.29, 1.82) is 0 Å². The number of amides is 1. The van der Waals surface area contributed by atoms with Crippen LogP contribution in [0.4, 0.5) is 23.5 Å². The predicted molar refractivity (Wildman–Crippen MR) is 111 cm³/mol.